The van der Waals surface area contributed by atoms with E-state index >= 15 is 0 Å². The molecule has 0 amide bonds. The number of thioether (sulfide) groups is 2. The summed E-state index contributed by atoms with van der Waals surface area (Å²) in [6, 6.07) is 0. The Morgan fingerprint density at radius 2 is 1.93 bits per heavy atom. The first-order valence-electron chi connectivity index (χ1n) is 4.46. The minimum Gasteiger partial charge on any atom is -0.171 e. The summed E-state index contributed by atoms with van der Waals surface area (Å²) in [7, 11) is 0. The predicted molar refractivity (Wildman–Crippen MR) is 57.7 cm³/mol. The molecule has 0 nitrogen and oxygen atoms in total. The summed E-state index contributed by atoms with van der Waals surface area (Å²) >= 11 is 2.87. The van der Waals surface area contributed by atoms with Crippen LogP contribution in [0.2, 0.25) is 0 Å². The van der Waals surface area contributed by atoms with Crippen LogP contribution in [0.3, 0.4) is 0 Å². The molecule has 0 aromatic rings. The first-order valence-corrected chi connectivity index (χ1v) is 6.56. The summed E-state index contributed by atoms with van der Waals surface area (Å²) in [5, 5.41) is 0. The van der Waals surface area contributed by atoms with Crippen molar-refractivity contribution in [1.82, 2.24) is 0 Å². The van der Waals surface area contributed by atoms with Crippen molar-refractivity contribution in [2.75, 3.05) is 11.5 Å². The Hall–Kier alpha value is 0.230. The van der Waals surface area contributed by atoms with Crippen LogP contribution >= 0.6 is 23.5 Å². The van der Waals surface area contributed by atoms with Crippen molar-refractivity contribution in [3.63, 3.8) is 0 Å². The van der Waals surface area contributed by atoms with E-state index in [2.05, 4.69) is 6.58 Å². The average molecular weight is 242 g/mol. The summed E-state index contributed by atoms with van der Waals surface area (Å²) in [4.78, 5) is 0. The van der Waals surface area contributed by atoms with E-state index in [1.54, 1.807) is 0 Å². The van der Waals surface area contributed by atoms with Crippen LogP contribution in [0.1, 0.15) is 12.8 Å². The van der Waals surface area contributed by atoms with Crippen LogP contribution in [-0.2, 0) is 0 Å². The summed E-state index contributed by atoms with van der Waals surface area (Å²) in [6.07, 6.45) is -1.66. The molecule has 0 aliphatic carbocycles. The third-order valence-electron chi connectivity index (χ3n) is 2.02. The Labute approximate surface area is 90.7 Å². The van der Waals surface area contributed by atoms with Gasteiger partial charge < -0.3 is 0 Å². The largest absolute Gasteiger partial charge is 0.393 e. The van der Waals surface area contributed by atoms with Gasteiger partial charge in [-0.1, -0.05) is 6.08 Å². The molecular weight excluding hydrogens is 229 g/mol. The highest BCUT2D eigenvalue weighted by Gasteiger charge is 2.44. The summed E-state index contributed by atoms with van der Waals surface area (Å²) in [5.41, 5.74) is 0. The molecule has 0 radical (unpaired) electrons. The van der Waals surface area contributed by atoms with E-state index in [-0.39, 0.29) is 11.0 Å². The minimum absolute atomic E-state index is 0.0359. The molecule has 1 unspecified atom stereocenters. The number of alkyl halides is 3. The third kappa shape index (κ3) is 3.42. The van der Waals surface area contributed by atoms with E-state index < -0.39 is 12.1 Å². The van der Waals surface area contributed by atoms with Crippen LogP contribution in [0.25, 0.3) is 0 Å². The van der Waals surface area contributed by atoms with Gasteiger partial charge in [-0.25, -0.2) is 0 Å². The van der Waals surface area contributed by atoms with Crippen molar-refractivity contribution < 1.29 is 13.2 Å². The lowest BCUT2D eigenvalue weighted by atomic mass is 10.1. The average Bonchev–Trinajstić information content (AvgIpc) is 2.14. The number of rotatable bonds is 3. The van der Waals surface area contributed by atoms with Gasteiger partial charge in [0.15, 0.2) is 0 Å². The summed E-state index contributed by atoms with van der Waals surface area (Å²) in [6.45, 7) is 3.39. The molecular formula is C9H13F3S2. The second-order valence-electron chi connectivity index (χ2n) is 3.14. The number of hydrogen-bond donors (Lipinski definition) is 0. The monoisotopic (exact) mass is 242 g/mol. The molecule has 1 rings (SSSR count). The fraction of sp³-hybridized carbons (Fsp3) is 0.778. The smallest absolute Gasteiger partial charge is 0.171 e. The first-order chi connectivity index (χ1) is 6.55. The second-order valence-corrected chi connectivity index (χ2v) is 5.93. The van der Waals surface area contributed by atoms with Gasteiger partial charge in [0.2, 0.25) is 0 Å². The van der Waals surface area contributed by atoms with Gasteiger partial charge in [0.25, 0.3) is 0 Å². The maximum Gasteiger partial charge on any atom is 0.393 e. The molecule has 1 heterocycles. The van der Waals surface area contributed by atoms with E-state index in [1.165, 1.54) is 29.6 Å². The lowest BCUT2D eigenvalue weighted by Gasteiger charge is -2.30. The van der Waals surface area contributed by atoms with Crippen molar-refractivity contribution in [2.24, 2.45) is 5.92 Å². The van der Waals surface area contributed by atoms with Crippen LogP contribution < -0.4 is 0 Å². The minimum atomic E-state index is -4.09. The maximum absolute atomic E-state index is 12.6. The number of halogens is 3. The van der Waals surface area contributed by atoms with Gasteiger partial charge in [0, 0.05) is 0 Å². The van der Waals surface area contributed by atoms with Crippen molar-refractivity contribution in [1.29, 1.82) is 0 Å². The zero-order chi connectivity index (χ0) is 10.6. The lowest BCUT2D eigenvalue weighted by molar-refractivity contribution is -0.169. The van der Waals surface area contributed by atoms with Crippen molar-refractivity contribution in [3.8, 4) is 0 Å². The Kier molecular flexibility index (Phi) is 4.70. The van der Waals surface area contributed by atoms with Crippen molar-refractivity contribution in [3.05, 3.63) is 12.7 Å². The Balaban J connectivity index is 2.60. The topological polar surface area (TPSA) is 0 Å². The molecule has 1 fully saturated rings. The van der Waals surface area contributed by atoms with E-state index in [0.29, 0.717) is 0 Å². The highest BCUT2D eigenvalue weighted by atomic mass is 32.2. The molecule has 0 aromatic heterocycles. The molecule has 0 N–H and O–H groups in total. The molecule has 0 bridgehead atoms. The highest BCUT2D eigenvalue weighted by molar-refractivity contribution is 8.17. The van der Waals surface area contributed by atoms with E-state index in [9.17, 15) is 13.2 Å². The molecule has 1 aliphatic heterocycles. The Bertz CT molecular complexity index is 185. The quantitative estimate of drug-likeness (QED) is 0.688. The first kappa shape index (κ1) is 12.3. The SMILES string of the molecule is C=CCC(C1SCCCS1)C(F)(F)F. The Morgan fingerprint density at radius 3 is 2.36 bits per heavy atom. The van der Waals surface area contributed by atoms with Gasteiger partial charge >= 0.3 is 6.18 Å². The van der Waals surface area contributed by atoms with Crippen LogP contribution in [0.4, 0.5) is 13.2 Å². The van der Waals surface area contributed by atoms with E-state index in [0.717, 1.165) is 17.9 Å². The standard InChI is InChI=1S/C9H13F3S2/c1-2-4-7(9(10,11)12)8-13-5-3-6-14-8/h2,7-8H,1,3-6H2. The maximum atomic E-state index is 12.6. The number of hydrogen-bond acceptors (Lipinski definition) is 2. The van der Waals surface area contributed by atoms with Crippen molar-refractivity contribution in [2.45, 2.75) is 23.6 Å². The molecule has 0 saturated carbocycles. The van der Waals surface area contributed by atoms with Crippen LogP contribution in [0.5, 0.6) is 0 Å². The summed E-state index contributed by atoms with van der Waals surface area (Å²) in [5.74, 6) is 0.471. The predicted octanol–water partition coefficient (Wildman–Crippen LogP) is 3.94. The molecule has 1 saturated heterocycles. The fourth-order valence-corrected chi connectivity index (χ4v) is 4.54. The molecule has 0 spiro atoms. The van der Waals surface area contributed by atoms with Crippen LogP contribution in [0, 0.1) is 5.92 Å². The van der Waals surface area contributed by atoms with Gasteiger partial charge in [0.05, 0.1) is 10.5 Å². The molecule has 0 aromatic carbocycles. The van der Waals surface area contributed by atoms with E-state index in [1.807, 2.05) is 0 Å². The van der Waals surface area contributed by atoms with Gasteiger partial charge in [-0.05, 0) is 24.3 Å². The van der Waals surface area contributed by atoms with Gasteiger partial charge in [0.1, 0.15) is 0 Å². The summed E-state index contributed by atoms with van der Waals surface area (Å²) < 4.78 is 37.5. The lowest BCUT2D eigenvalue weighted by Crippen LogP contribution is -2.31. The van der Waals surface area contributed by atoms with E-state index in [4.69, 9.17) is 0 Å². The van der Waals surface area contributed by atoms with Crippen molar-refractivity contribution >= 4 is 23.5 Å². The molecule has 14 heavy (non-hydrogen) atoms. The van der Waals surface area contributed by atoms with Gasteiger partial charge in [-0.3, -0.25) is 0 Å². The van der Waals surface area contributed by atoms with Crippen LogP contribution in [0.15, 0.2) is 12.7 Å². The number of allylic oxidation sites excluding steroid dienone is 1. The zero-order valence-corrected chi connectivity index (χ0v) is 9.35. The molecule has 1 atom stereocenters. The second kappa shape index (κ2) is 5.35. The highest BCUT2D eigenvalue weighted by Crippen LogP contribution is 2.44. The molecule has 1 aliphatic rings. The van der Waals surface area contributed by atoms with Crippen LogP contribution in [-0.4, -0.2) is 22.3 Å². The molecule has 5 heteroatoms. The zero-order valence-electron chi connectivity index (χ0n) is 7.72. The fourth-order valence-electron chi connectivity index (χ4n) is 1.32. The third-order valence-corrected chi connectivity index (χ3v) is 5.20. The Morgan fingerprint density at radius 1 is 1.36 bits per heavy atom. The molecule has 82 valence electrons. The normalized spacial score (nSPS) is 21.9. The van der Waals surface area contributed by atoms with Gasteiger partial charge in [-0.2, -0.15) is 13.2 Å². The van der Waals surface area contributed by atoms with Gasteiger partial charge in [-0.15, -0.1) is 30.1 Å².